The minimum Gasteiger partial charge on any atom is -0.497 e. The highest BCUT2D eigenvalue weighted by molar-refractivity contribution is 7.11. The van der Waals surface area contributed by atoms with E-state index in [9.17, 15) is 4.79 Å². The lowest BCUT2D eigenvalue weighted by Gasteiger charge is -2.38. The van der Waals surface area contributed by atoms with Crippen molar-refractivity contribution in [2.45, 2.75) is 25.8 Å². The minimum absolute atomic E-state index is 0.116. The summed E-state index contributed by atoms with van der Waals surface area (Å²) in [5.74, 6) is 1.41. The number of hydrogen-bond donors (Lipinski definition) is 1. The smallest absolute Gasteiger partial charge is 0.322 e. The largest absolute Gasteiger partial charge is 0.497 e. The van der Waals surface area contributed by atoms with Crippen LogP contribution in [0.3, 0.4) is 0 Å². The summed E-state index contributed by atoms with van der Waals surface area (Å²) < 4.78 is 10.8. The van der Waals surface area contributed by atoms with Gasteiger partial charge in [-0.25, -0.2) is 4.79 Å². The van der Waals surface area contributed by atoms with Crippen molar-refractivity contribution in [3.05, 3.63) is 93.2 Å². The summed E-state index contributed by atoms with van der Waals surface area (Å²) >= 11 is 1.50. The van der Waals surface area contributed by atoms with E-state index in [2.05, 4.69) is 55.2 Å². The van der Waals surface area contributed by atoms with Gasteiger partial charge in [0.2, 0.25) is 0 Å². The van der Waals surface area contributed by atoms with Crippen LogP contribution in [-0.2, 0) is 11.2 Å². The molecule has 0 spiro atoms. The first-order valence-corrected chi connectivity index (χ1v) is 12.2. The van der Waals surface area contributed by atoms with Crippen LogP contribution in [0.1, 0.15) is 39.6 Å². The topological polar surface area (TPSA) is 50.8 Å². The highest BCUT2D eigenvalue weighted by Gasteiger charge is 2.38. The van der Waals surface area contributed by atoms with Crippen molar-refractivity contribution in [1.82, 2.24) is 4.90 Å². The molecule has 0 fully saturated rings. The molecule has 0 radical (unpaired) electrons. The predicted molar refractivity (Wildman–Crippen MR) is 138 cm³/mol. The summed E-state index contributed by atoms with van der Waals surface area (Å²) in [6, 6.07) is 16.5. The number of nitrogens with zero attached hydrogens (tertiary/aromatic N) is 1. The summed E-state index contributed by atoms with van der Waals surface area (Å²) in [6.07, 6.45) is 1.65. The lowest BCUT2D eigenvalue weighted by atomic mass is 9.88. The number of anilines is 1. The average molecular weight is 473 g/mol. The second-order valence-corrected chi connectivity index (χ2v) is 9.60. The van der Waals surface area contributed by atoms with Crippen LogP contribution in [-0.4, -0.2) is 31.7 Å². The van der Waals surface area contributed by atoms with E-state index < -0.39 is 0 Å². The van der Waals surface area contributed by atoms with E-state index in [1.165, 1.54) is 39.2 Å². The van der Waals surface area contributed by atoms with Crippen LogP contribution < -0.4 is 10.1 Å². The number of urea groups is 1. The van der Waals surface area contributed by atoms with Crippen LogP contribution in [0.2, 0.25) is 0 Å². The predicted octanol–water partition coefficient (Wildman–Crippen LogP) is 6.67. The first-order chi connectivity index (χ1) is 16.5. The number of amides is 2. The summed E-state index contributed by atoms with van der Waals surface area (Å²) in [5.41, 5.74) is 8.23. The van der Waals surface area contributed by atoms with Gasteiger partial charge in [0, 0.05) is 6.54 Å². The zero-order chi connectivity index (χ0) is 23.8. The SMILES string of the molecule is C=C(OC)c1sccc1NC(=O)N1CCC2=C(Cc3ccc(OC)cc32)C1c1ccc(C)cc1. The molecule has 1 atom stereocenters. The quantitative estimate of drug-likeness (QED) is 0.422. The van der Waals surface area contributed by atoms with E-state index in [4.69, 9.17) is 9.47 Å². The fourth-order valence-corrected chi connectivity index (χ4v) is 5.76. The maximum absolute atomic E-state index is 13.6. The second-order valence-electron chi connectivity index (χ2n) is 8.68. The van der Waals surface area contributed by atoms with Crippen molar-refractivity contribution in [3.8, 4) is 5.75 Å². The van der Waals surface area contributed by atoms with Crippen LogP contribution in [0.25, 0.3) is 11.3 Å². The van der Waals surface area contributed by atoms with Gasteiger partial charge in [-0.05, 0) is 71.2 Å². The highest BCUT2D eigenvalue weighted by atomic mass is 32.1. The fourth-order valence-electron chi connectivity index (χ4n) is 4.96. The molecule has 0 saturated carbocycles. The van der Waals surface area contributed by atoms with Crippen LogP contribution in [0.15, 0.2) is 66.1 Å². The molecular formula is C28H28N2O3S. The Morgan fingerprint density at radius 1 is 1.15 bits per heavy atom. The number of nitrogens with one attached hydrogen (secondary N) is 1. The Labute approximate surface area is 204 Å². The van der Waals surface area contributed by atoms with Crippen LogP contribution in [0.4, 0.5) is 10.5 Å². The highest BCUT2D eigenvalue weighted by Crippen LogP contribution is 2.47. The van der Waals surface area contributed by atoms with Gasteiger partial charge in [-0.15, -0.1) is 11.3 Å². The van der Waals surface area contributed by atoms with Crippen LogP contribution in [0, 0.1) is 6.92 Å². The molecule has 0 saturated heterocycles. The van der Waals surface area contributed by atoms with Crippen molar-refractivity contribution in [3.63, 3.8) is 0 Å². The fraction of sp³-hybridized carbons (Fsp3) is 0.250. The Morgan fingerprint density at radius 3 is 2.68 bits per heavy atom. The number of benzene rings is 2. The van der Waals surface area contributed by atoms with Crippen molar-refractivity contribution in [2.75, 3.05) is 26.1 Å². The average Bonchev–Trinajstić information content (AvgIpc) is 3.47. The van der Waals surface area contributed by atoms with E-state index in [0.29, 0.717) is 12.3 Å². The molecule has 0 bridgehead atoms. The molecule has 5 rings (SSSR count). The van der Waals surface area contributed by atoms with Crippen LogP contribution >= 0.6 is 11.3 Å². The van der Waals surface area contributed by atoms with E-state index in [1.54, 1.807) is 14.2 Å². The molecule has 34 heavy (non-hydrogen) atoms. The Hall–Kier alpha value is -3.51. The number of ether oxygens (including phenoxy) is 2. The first kappa shape index (κ1) is 22.3. The Balaban J connectivity index is 1.52. The number of methoxy groups -OCH3 is 2. The molecule has 174 valence electrons. The van der Waals surface area contributed by atoms with Crippen molar-refractivity contribution in [1.29, 1.82) is 0 Å². The Kier molecular flexibility index (Phi) is 5.92. The molecule has 2 aromatic carbocycles. The second kappa shape index (κ2) is 9.03. The van der Waals surface area contributed by atoms with E-state index >= 15 is 0 Å². The van der Waals surface area contributed by atoms with E-state index in [-0.39, 0.29) is 12.1 Å². The molecule has 6 heteroatoms. The lowest BCUT2D eigenvalue weighted by molar-refractivity contribution is 0.195. The van der Waals surface area contributed by atoms with Gasteiger partial charge in [-0.1, -0.05) is 42.5 Å². The van der Waals surface area contributed by atoms with E-state index in [1.807, 2.05) is 22.4 Å². The molecule has 1 N–H and O–H groups in total. The van der Waals surface area contributed by atoms with Gasteiger partial charge in [0.1, 0.15) is 11.5 Å². The van der Waals surface area contributed by atoms with Crippen molar-refractivity contribution in [2.24, 2.45) is 0 Å². The summed E-state index contributed by atoms with van der Waals surface area (Å²) in [7, 11) is 3.29. The standard InChI is InChI=1S/C28H28N2O3S/c1-17-5-7-19(8-6-17)26-24-15-20-9-10-21(33-4)16-23(20)22(24)11-13-30(26)28(31)29-25-12-14-34-27(25)18(2)32-3/h5-10,12,14,16,26H,2,11,13,15H2,1,3-4H3,(H,29,31). The third kappa shape index (κ3) is 3.88. The minimum atomic E-state index is -0.129. The number of hydrogen-bond acceptors (Lipinski definition) is 4. The zero-order valence-electron chi connectivity index (χ0n) is 19.7. The van der Waals surface area contributed by atoms with E-state index in [0.717, 1.165) is 34.7 Å². The third-order valence-electron chi connectivity index (χ3n) is 6.72. The molecule has 2 aliphatic rings. The number of fused-ring (bicyclic) bond motifs is 2. The van der Waals surface area contributed by atoms with Crippen molar-refractivity contribution < 1.29 is 14.3 Å². The van der Waals surface area contributed by atoms with Gasteiger partial charge in [0.25, 0.3) is 0 Å². The van der Waals surface area contributed by atoms with Gasteiger partial charge in [-0.3, -0.25) is 0 Å². The molecule has 1 unspecified atom stereocenters. The maximum Gasteiger partial charge on any atom is 0.322 e. The summed E-state index contributed by atoms with van der Waals surface area (Å²) in [6.45, 7) is 6.66. The van der Waals surface area contributed by atoms with Gasteiger partial charge in [-0.2, -0.15) is 0 Å². The molecule has 5 nitrogen and oxygen atoms in total. The molecule has 3 aromatic rings. The Morgan fingerprint density at radius 2 is 1.94 bits per heavy atom. The lowest BCUT2D eigenvalue weighted by Crippen LogP contribution is -2.42. The molecular weight excluding hydrogens is 444 g/mol. The molecule has 1 aromatic heterocycles. The number of carbonyl (C=O) groups excluding carboxylic acids is 1. The van der Waals surface area contributed by atoms with Gasteiger partial charge in [0.05, 0.1) is 30.8 Å². The molecule has 2 amide bonds. The normalized spacial score (nSPS) is 16.7. The first-order valence-electron chi connectivity index (χ1n) is 11.3. The number of carbonyl (C=O) groups is 1. The van der Waals surface area contributed by atoms with Gasteiger partial charge in [0.15, 0.2) is 0 Å². The monoisotopic (exact) mass is 472 g/mol. The zero-order valence-corrected chi connectivity index (χ0v) is 20.5. The third-order valence-corrected chi connectivity index (χ3v) is 7.67. The number of rotatable bonds is 5. The van der Waals surface area contributed by atoms with Crippen molar-refractivity contribution >= 4 is 34.4 Å². The maximum atomic E-state index is 13.6. The molecule has 2 heterocycles. The van der Waals surface area contributed by atoms with Crippen LogP contribution in [0.5, 0.6) is 5.75 Å². The Bertz CT molecular complexity index is 1290. The molecule has 1 aliphatic heterocycles. The number of aryl methyl sites for hydroxylation is 1. The summed E-state index contributed by atoms with van der Waals surface area (Å²) in [4.78, 5) is 16.4. The van der Waals surface area contributed by atoms with Gasteiger partial charge < -0.3 is 19.7 Å². The van der Waals surface area contributed by atoms with Gasteiger partial charge >= 0.3 is 6.03 Å². The summed E-state index contributed by atoms with van der Waals surface area (Å²) in [5, 5.41) is 5.05. The number of thiophene rings is 1. The molecule has 1 aliphatic carbocycles.